The van der Waals surface area contributed by atoms with E-state index in [2.05, 4.69) is 16.0 Å². The summed E-state index contributed by atoms with van der Waals surface area (Å²) >= 11 is 0. The molecule has 1 saturated carbocycles. The van der Waals surface area contributed by atoms with Gasteiger partial charge in [-0.15, -0.1) is 0 Å². The second-order valence-electron chi connectivity index (χ2n) is 5.44. The summed E-state index contributed by atoms with van der Waals surface area (Å²) in [7, 11) is 0. The van der Waals surface area contributed by atoms with Crippen LogP contribution in [0.1, 0.15) is 36.0 Å². The summed E-state index contributed by atoms with van der Waals surface area (Å²) in [4.78, 5) is 35.9. The standard InChI is InChI=1S/C15H17N3O3/c19-13(16-9-5-6-9)8-7-12-15(21)17-11-4-2-1-3-10(11)14(20)18-12/h1-4,9,12H,5-8H2,(H,16,19)(H,17,21)(H,18,20). The first-order valence-electron chi connectivity index (χ1n) is 7.13. The number of amides is 3. The first-order valence-corrected chi connectivity index (χ1v) is 7.13. The van der Waals surface area contributed by atoms with Crippen LogP contribution in [0.25, 0.3) is 0 Å². The molecule has 0 radical (unpaired) electrons. The zero-order chi connectivity index (χ0) is 14.8. The molecule has 3 N–H and O–H groups in total. The third-order valence-electron chi connectivity index (χ3n) is 3.65. The van der Waals surface area contributed by atoms with Crippen LogP contribution in [0, 0.1) is 0 Å². The van der Waals surface area contributed by atoms with Gasteiger partial charge in [-0.2, -0.15) is 0 Å². The first kappa shape index (κ1) is 13.6. The van der Waals surface area contributed by atoms with E-state index in [9.17, 15) is 14.4 Å². The van der Waals surface area contributed by atoms with Gasteiger partial charge in [0.1, 0.15) is 6.04 Å². The fourth-order valence-corrected chi connectivity index (χ4v) is 2.32. The van der Waals surface area contributed by atoms with E-state index in [0.29, 0.717) is 23.7 Å². The van der Waals surface area contributed by atoms with Crippen LogP contribution in [0.3, 0.4) is 0 Å². The van der Waals surface area contributed by atoms with E-state index < -0.39 is 6.04 Å². The van der Waals surface area contributed by atoms with E-state index in [1.165, 1.54) is 0 Å². The third kappa shape index (κ3) is 3.21. The van der Waals surface area contributed by atoms with Gasteiger partial charge in [0.15, 0.2) is 0 Å². The van der Waals surface area contributed by atoms with Crippen molar-refractivity contribution in [3.63, 3.8) is 0 Å². The fraction of sp³-hybridized carbons (Fsp3) is 0.400. The molecule has 3 amide bonds. The van der Waals surface area contributed by atoms with Crippen molar-refractivity contribution >= 4 is 23.4 Å². The van der Waals surface area contributed by atoms with E-state index in [4.69, 9.17) is 0 Å². The SMILES string of the molecule is O=C(CCC1NC(=O)c2ccccc2NC1=O)NC1CC1. The molecular weight excluding hydrogens is 270 g/mol. The summed E-state index contributed by atoms with van der Waals surface area (Å²) in [6, 6.07) is 6.47. The Morgan fingerprint density at radius 1 is 1.24 bits per heavy atom. The lowest BCUT2D eigenvalue weighted by molar-refractivity contribution is -0.122. The minimum absolute atomic E-state index is 0.0682. The first-order chi connectivity index (χ1) is 10.1. The molecule has 2 aliphatic rings. The molecule has 1 fully saturated rings. The van der Waals surface area contributed by atoms with Gasteiger partial charge in [0, 0.05) is 12.5 Å². The maximum absolute atomic E-state index is 12.1. The molecule has 1 aromatic carbocycles. The molecule has 0 aromatic heterocycles. The van der Waals surface area contributed by atoms with Crippen molar-refractivity contribution in [2.75, 3.05) is 5.32 Å². The number of anilines is 1. The molecule has 21 heavy (non-hydrogen) atoms. The zero-order valence-electron chi connectivity index (χ0n) is 11.5. The second kappa shape index (κ2) is 5.55. The van der Waals surface area contributed by atoms with Gasteiger partial charge in [-0.25, -0.2) is 0 Å². The lowest BCUT2D eigenvalue weighted by Crippen LogP contribution is -2.42. The van der Waals surface area contributed by atoms with Gasteiger partial charge in [-0.05, 0) is 31.4 Å². The van der Waals surface area contributed by atoms with Crippen LogP contribution >= 0.6 is 0 Å². The Bertz CT molecular complexity index is 596. The molecule has 1 heterocycles. The number of rotatable bonds is 4. The van der Waals surface area contributed by atoms with E-state index in [-0.39, 0.29) is 24.1 Å². The lowest BCUT2D eigenvalue weighted by Gasteiger charge is -2.14. The normalized spacial score (nSPS) is 20.9. The molecule has 1 unspecified atom stereocenters. The molecule has 1 aromatic rings. The van der Waals surface area contributed by atoms with Gasteiger partial charge in [-0.3, -0.25) is 14.4 Å². The number of hydrogen-bond acceptors (Lipinski definition) is 3. The summed E-state index contributed by atoms with van der Waals surface area (Å²) in [6.45, 7) is 0. The molecule has 6 heteroatoms. The average Bonchev–Trinajstić information content (AvgIpc) is 3.27. The molecule has 0 bridgehead atoms. The summed E-state index contributed by atoms with van der Waals surface area (Å²) < 4.78 is 0. The highest BCUT2D eigenvalue weighted by molar-refractivity contribution is 6.09. The van der Waals surface area contributed by atoms with Gasteiger partial charge in [0.25, 0.3) is 5.91 Å². The summed E-state index contributed by atoms with van der Waals surface area (Å²) in [5.41, 5.74) is 0.945. The van der Waals surface area contributed by atoms with Crippen molar-refractivity contribution in [3.05, 3.63) is 29.8 Å². The van der Waals surface area contributed by atoms with Crippen LogP contribution < -0.4 is 16.0 Å². The monoisotopic (exact) mass is 287 g/mol. The molecule has 1 atom stereocenters. The Balaban J connectivity index is 1.63. The number of hydrogen-bond donors (Lipinski definition) is 3. The Morgan fingerprint density at radius 3 is 2.76 bits per heavy atom. The van der Waals surface area contributed by atoms with Crippen molar-refractivity contribution in [3.8, 4) is 0 Å². The average molecular weight is 287 g/mol. The van der Waals surface area contributed by atoms with Crippen LogP contribution in [0.5, 0.6) is 0 Å². The Hall–Kier alpha value is -2.37. The molecule has 1 aliphatic carbocycles. The maximum Gasteiger partial charge on any atom is 0.254 e. The van der Waals surface area contributed by atoms with Crippen LogP contribution in [-0.2, 0) is 9.59 Å². The predicted molar refractivity (Wildman–Crippen MR) is 76.7 cm³/mol. The Kier molecular flexibility index (Phi) is 3.60. The van der Waals surface area contributed by atoms with Crippen LogP contribution in [0.15, 0.2) is 24.3 Å². The number of para-hydroxylation sites is 1. The van der Waals surface area contributed by atoms with Crippen LogP contribution in [-0.4, -0.2) is 29.8 Å². The van der Waals surface area contributed by atoms with Crippen molar-refractivity contribution in [2.45, 2.75) is 37.8 Å². The summed E-state index contributed by atoms with van der Waals surface area (Å²) in [5, 5.41) is 8.27. The van der Waals surface area contributed by atoms with Crippen molar-refractivity contribution in [1.29, 1.82) is 0 Å². The highest BCUT2D eigenvalue weighted by atomic mass is 16.2. The summed E-state index contributed by atoms with van der Waals surface area (Å²) in [6.07, 6.45) is 2.58. The maximum atomic E-state index is 12.1. The highest BCUT2D eigenvalue weighted by Gasteiger charge is 2.29. The van der Waals surface area contributed by atoms with E-state index in [0.717, 1.165) is 12.8 Å². The Labute approximate surface area is 122 Å². The van der Waals surface area contributed by atoms with Crippen molar-refractivity contribution < 1.29 is 14.4 Å². The molecule has 6 nitrogen and oxygen atoms in total. The number of carbonyl (C=O) groups excluding carboxylic acids is 3. The van der Waals surface area contributed by atoms with Crippen molar-refractivity contribution in [1.82, 2.24) is 10.6 Å². The minimum Gasteiger partial charge on any atom is -0.353 e. The quantitative estimate of drug-likeness (QED) is 0.765. The molecule has 0 saturated heterocycles. The molecular formula is C15H17N3O3. The number of nitrogens with one attached hydrogen (secondary N) is 3. The smallest absolute Gasteiger partial charge is 0.254 e. The molecule has 1 aliphatic heterocycles. The van der Waals surface area contributed by atoms with Gasteiger partial charge in [0.2, 0.25) is 11.8 Å². The molecule has 0 spiro atoms. The van der Waals surface area contributed by atoms with Crippen LogP contribution in [0.2, 0.25) is 0 Å². The van der Waals surface area contributed by atoms with Crippen LogP contribution in [0.4, 0.5) is 5.69 Å². The zero-order valence-corrected chi connectivity index (χ0v) is 11.5. The van der Waals surface area contributed by atoms with Crippen molar-refractivity contribution in [2.24, 2.45) is 0 Å². The lowest BCUT2D eigenvalue weighted by atomic mass is 10.1. The minimum atomic E-state index is -0.685. The van der Waals surface area contributed by atoms with E-state index >= 15 is 0 Å². The number of benzene rings is 1. The summed E-state index contributed by atoms with van der Waals surface area (Å²) in [5.74, 6) is -0.648. The van der Waals surface area contributed by atoms with Gasteiger partial charge < -0.3 is 16.0 Å². The number of fused-ring (bicyclic) bond motifs is 1. The topological polar surface area (TPSA) is 87.3 Å². The van der Waals surface area contributed by atoms with E-state index in [1.807, 2.05) is 0 Å². The fourth-order valence-electron chi connectivity index (χ4n) is 2.32. The van der Waals surface area contributed by atoms with Gasteiger partial charge in [0.05, 0.1) is 11.3 Å². The molecule has 3 rings (SSSR count). The van der Waals surface area contributed by atoms with Gasteiger partial charge in [-0.1, -0.05) is 12.1 Å². The molecule has 110 valence electrons. The highest BCUT2D eigenvalue weighted by Crippen LogP contribution is 2.20. The third-order valence-corrected chi connectivity index (χ3v) is 3.65. The largest absolute Gasteiger partial charge is 0.353 e. The second-order valence-corrected chi connectivity index (χ2v) is 5.44. The van der Waals surface area contributed by atoms with E-state index in [1.54, 1.807) is 24.3 Å². The number of carbonyl (C=O) groups is 3. The Morgan fingerprint density at radius 2 is 2.00 bits per heavy atom. The van der Waals surface area contributed by atoms with Gasteiger partial charge >= 0.3 is 0 Å². The predicted octanol–water partition coefficient (Wildman–Crippen LogP) is 0.796.